The van der Waals surface area contributed by atoms with E-state index >= 15 is 4.79 Å². The summed E-state index contributed by atoms with van der Waals surface area (Å²) in [6, 6.07) is 12.6. The molecule has 0 spiro atoms. The van der Waals surface area contributed by atoms with Gasteiger partial charge in [-0.3, -0.25) is 15.5 Å². The summed E-state index contributed by atoms with van der Waals surface area (Å²) >= 11 is 13.5. The molecule has 0 radical (unpaired) electrons. The zero-order valence-corrected chi connectivity index (χ0v) is 35.8. The highest BCUT2D eigenvalue weighted by atomic mass is 35.5. The van der Waals surface area contributed by atoms with Crippen LogP contribution in [0.4, 0.5) is 5.69 Å². The number of nitrogens with two attached hydrogens (primary N) is 1. The number of hydrogen-bond donors (Lipinski definition) is 4. The molecule has 15 heteroatoms. The smallest absolute Gasteiger partial charge is 0.352 e. The Labute approximate surface area is 353 Å². The van der Waals surface area contributed by atoms with E-state index in [-0.39, 0.29) is 29.9 Å². The fourth-order valence-electron chi connectivity index (χ4n) is 8.60. The maximum absolute atomic E-state index is 15.4. The molecule has 3 aromatic carbocycles. The Morgan fingerprint density at radius 3 is 2.36 bits per heavy atom. The van der Waals surface area contributed by atoms with Gasteiger partial charge in [0.2, 0.25) is 0 Å². The predicted octanol–water partition coefficient (Wildman–Crippen LogP) is 7.93. The van der Waals surface area contributed by atoms with Gasteiger partial charge in [-0.2, -0.15) is 0 Å². The number of aryl methyl sites for hydroxylation is 4. The molecular formula is C44H51Cl2N7O6. The molecule has 4 heterocycles. The Bertz CT molecular complexity index is 2500. The highest BCUT2D eigenvalue weighted by molar-refractivity contribution is 6.37. The molecule has 0 aliphatic carbocycles. The Hall–Kier alpha value is -5.05. The minimum Gasteiger partial charge on any atom is -0.494 e. The van der Waals surface area contributed by atoms with Gasteiger partial charge >= 0.3 is 5.97 Å². The maximum Gasteiger partial charge on any atom is 0.352 e. The number of carbonyl (C=O) groups excluding carboxylic acids is 1. The molecule has 59 heavy (non-hydrogen) atoms. The zero-order chi connectivity index (χ0) is 42.3. The van der Waals surface area contributed by atoms with Gasteiger partial charge in [0.25, 0.3) is 5.91 Å². The molecule has 2 aliphatic heterocycles. The van der Waals surface area contributed by atoms with Gasteiger partial charge in [-0.1, -0.05) is 29.3 Å². The third-order valence-corrected chi connectivity index (χ3v) is 12.3. The van der Waals surface area contributed by atoms with Crippen LogP contribution in [0.3, 0.4) is 0 Å². The summed E-state index contributed by atoms with van der Waals surface area (Å²) < 4.78 is 21.7. The third kappa shape index (κ3) is 8.02. The van der Waals surface area contributed by atoms with Crippen LogP contribution in [0.25, 0.3) is 27.4 Å². The number of hydrogen-bond acceptors (Lipinski definition) is 9. The van der Waals surface area contributed by atoms with Crippen molar-refractivity contribution >= 4 is 73.9 Å². The topological polar surface area (TPSA) is 160 Å². The van der Waals surface area contributed by atoms with Crippen molar-refractivity contribution in [2.75, 3.05) is 57.5 Å². The molecule has 2 aromatic heterocycles. The van der Waals surface area contributed by atoms with E-state index in [1.165, 1.54) is 0 Å². The number of aromatic nitrogens is 2. The van der Waals surface area contributed by atoms with Crippen LogP contribution >= 0.6 is 23.2 Å². The number of rotatable bonds is 14. The van der Waals surface area contributed by atoms with E-state index in [9.17, 15) is 9.90 Å². The first-order valence-corrected chi connectivity index (χ1v) is 20.6. The number of carboxylic acid groups (broad SMARTS) is 1. The number of morpholine rings is 1. The summed E-state index contributed by atoms with van der Waals surface area (Å²) in [5.41, 5.74) is 9.85. The second-order valence-electron chi connectivity index (χ2n) is 15.4. The summed E-state index contributed by atoms with van der Waals surface area (Å²) in [4.78, 5) is 31.8. The molecule has 13 nitrogen and oxygen atoms in total. The molecular weight excluding hydrogens is 793 g/mol. The average Bonchev–Trinajstić information content (AvgIpc) is 3.72. The highest BCUT2D eigenvalue weighted by Gasteiger charge is 2.38. The second kappa shape index (κ2) is 17.3. The molecule has 1 fully saturated rings. The number of allylic oxidation sites excluding steroid dienone is 2. The first kappa shape index (κ1) is 42.1. The predicted molar refractivity (Wildman–Crippen MR) is 234 cm³/mol. The maximum atomic E-state index is 15.4. The van der Waals surface area contributed by atoms with Crippen molar-refractivity contribution in [2.45, 2.75) is 53.5 Å². The van der Waals surface area contributed by atoms with Gasteiger partial charge in [-0.25, -0.2) is 4.79 Å². The zero-order valence-electron chi connectivity index (χ0n) is 34.3. The number of anilines is 1. The first-order valence-electron chi connectivity index (χ1n) is 19.8. The van der Waals surface area contributed by atoms with Gasteiger partial charge in [-0.15, -0.1) is 0 Å². The second-order valence-corrected chi connectivity index (χ2v) is 16.2. The van der Waals surface area contributed by atoms with Gasteiger partial charge < -0.3 is 44.2 Å². The lowest BCUT2D eigenvalue weighted by Crippen LogP contribution is -2.43. The number of carboxylic acids is 1. The Balaban J connectivity index is 1.35. The number of amides is 1. The molecule has 1 atom stereocenters. The summed E-state index contributed by atoms with van der Waals surface area (Å²) in [6.45, 7) is 14.2. The molecule has 7 rings (SSSR count). The summed E-state index contributed by atoms with van der Waals surface area (Å²) in [6.07, 6.45) is 1.07. The fourth-order valence-corrected chi connectivity index (χ4v) is 8.95. The number of halogens is 2. The van der Waals surface area contributed by atoms with Crippen molar-refractivity contribution in [3.63, 3.8) is 0 Å². The van der Waals surface area contributed by atoms with Gasteiger partial charge in [0.15, 0.2) is 0 Å². The highest BCUT2D eigenvalue weighted by Crippen LogP contribution is 2.44. The monoisotopic (exact) mass is 843 g/mol. The van der Waals surface area contributed by atoms with Crippen LogP contribution in [-0.4, -0.2) is 89.3 Å². The average molecular weight is 845 g/mol. The minimum absolute atomic E-state index is 0.0922. The molecule has 0 unspecified atom stereocenters. The Morgan fingerprint density at radius 1 is 1.02 bits per heavy atom. The number of aromatic carboxylic acids is 1. The fraction of sp³-hybridized carbons (Fsp3) is 0.386. The standard InChI is InChI=1S/C44H51Cl2N7O6/c1-24-18-30(19-25(2)39(24)46)58-14-7-8-32-33-9-10-34(45)38(37(27(4)47)28(5)49-48)41(33)53-26(3)23-52(43(54)42(32)53)35-22-31(59-17-13-51-11-15-57-16-12-51)20-29-21-36(44(55)56)50(6)40(29)35/h9-10,18-22,26,47,49H,7-8,11-17,23,48H2,1-6H3,(H,55,56)/b37-28+,47-27?/t26-/m1/s1. The molecule has 1 amide bonds. The van der Waals surface area contributed by atoms with Crippen LogP contribution in [0.15, 0.2) is 48.2 Å². The van der Waals surface area contributed by atoms with Gasteiger partial charge in [0.05, 0.1) is 41.6 Å². The summed E-state index contributed by atoms with van der Waals surface area (Å²) in [7, 11) is 1.70. The van der Waals surface area contributed by atoms with Crippen molar-refractivity contribution in [1.29, 1.82) is 5.41 Å². The molecule has 2 aliphatic rings. The van der Waals surface area contributed by atoms with E-state index in [1.54, 1.807) is 36.4 Å². The third-order valence-electron chi connectivity index (χ3n) is 11.4. The quantitative estimate of drug-likeness (QED) is 0.0377. The molecule has 0 bridgehead atoms. The SMILES string of the molecule is CC(=N)/C(=C(/C)NN)c1c(Cl)ccc2c(CCCOc3cc(C)c(Cl)c(C)c3)c3n(c12)[C@H](C)CN(c1cc(OCCN2CCOCC2)cc2cc(C(=O)O)n(C)c12)C3=O. The van der Waals surface area contributed by atoms with Crippen molar-refractivity contribution < 1.29 is 28.9 Å². The van der Waals surface area contributed by atoms with E-state index in [1.807, 2.05) is 57.2 Å². The van der Waals surface area contributed by atoms with Crippen molar-refractivity contribution in [3.8, 4) is 11.5 Å². The molecule has 312 valence electrons. The number of fused-ring (bicyclic) bond motifs is 4. The lowest BCUT2D eigenvalue weighted by Gasteiger charge is -2.35. The lowest BCUT2D eigenvalue weighted by atomic mass is 9.96. The van der Waals surface area contributed by atoms with Crippen LogP contribution in [0.2, 0.25) is 10.0 Å². The largest absolute Gasteiger partial charge is 0.494 e. The number of carbonyl (C=O) groups is 2. The number of hydrazine groups is 1. The van der Waals surface area contributed by atoms with Gasteiger partial charge in [-0.05, 0) is 94.5 Å². The van der Waals surface area contributed by atoms with Crippen LogP contribution < -0.4 is 25.6 Å². The van der Waals surface area contributed by atoms with E-state index in [2.05, 4.69) is 14.9 Å². The van der Waals surface area contributed by atoms with E-state index in [4.69, 9.17) is 48.7 Å². The molecule has 0 saturated carbocycles. The first-order chi connectivity index (χ1) is 28.2. The molecule has 1 saturated heterocycles. The van der Waals surface area contributed by atoms with E-state index < -0.39 is 5.97 Å². The van der Waals surface area contributed by atoms with Crippen molar-refractivity contribution in [3.05, 3.63) is 91.8 Å². The summed E-state index contributed by atoms with van der Waals surface area (Å²) in [5, 5.41) is 21.6. The van der Waals surface area contributed by atoms with Gasteiger partial charge in [0, 0.05) is 83.7 Å². The molecule has 5 aromatic rings. The van der Waals surface area contributed by atoms with Crippen LogP contribution in [0.5, 0.6) is 11.5 Å². The number of benzene rings is 3. The summed E-state index contributed by atoms with van der Waals surface area (Å²) in [5.74, 6) is 5.87. The van der Waals surface area contributed by atoms with E-state index in [0.29, 0.717) is 101 Å². The Kier molecular flexibility index (Phi) is 12.3. The van der Waals surface area contributed by atoms with Crippen molar-refractivity contribution in [1.82, 2.24) is 19.5 Å². The number of nitrogens with zero attached hydrogens (tertiary/aromatic N) is 4. The number of nitrogens with one attached hydrogen (secondary N) is 2. The van der Waals surface area contributed by atoms with Crippen LogP contribution in [0.1, 0.15) is 76.5 Å². The molecule has 5 N–H and O–H groups in total. The van der Waals surface area contributed by atoms with Crippen LogP contribution in [-0.2, 0) is 18.2 Å². The normalized spacial score (nSPS) is 16.4. The Morgan fingerprint density at radius 2 is 1.69 bits per heavy atom. The van der Waals surface area contributed by atoms with Crippen molar-refractivity contribution in [2.24, 2.45) is 12.9 Å². The van der Waals surface area contributed by atoms with Crippen LogP contribution in [0, 0.1) is 19.3 Å². The number of ether oxygens (including phenoxy) is 3. The minimum atomic E-state index is -1.08. The van der Waals surface area contributed by atoms with Gasteiger partial charge in [0.1, 0.15) is 29.5 Å². The van der Waals surface area contributed by atoms with E-state index in [0.717, 1.165) is 46.4 Å². The lowest BCUT2D eigenvalue weighted by molar-refractivity contribution is 0.0322.